The maximum Gasteiger partial charge on any atom is 0.278 e. The fraction of sp³-hybridized carbons (Fsp3) is 0.250. The van der Waals surface area contributed by atoms with Crippen LogP contribution in [0.25, 0.3) is 0 Å². The summed E-state index contributed by atoms with van der Waals surface area (Å²) in [5.41, 5.74) is 11.9. The van der Waals surface area contributed by atoms with E-state index in [0.29, 0.717) is 24.5 Å². The highest BCUT2D eigenvalue weighted by atomic mass is 16.5. The Morgan fingerprint density at radius 1 is 1.50 bits per heavy atom. The van der Waals surface area contributed by atoms with E-state index in [2.05, 4.69) is 5.16 Å². The standard InChI is InChI=1S/C12H13N3O3/c13-5-6-17-12-10(14)11(18-15-12)9-4-2-1-3-8(9)7-16/h1-4,9H,5-6,13-14H2. The summed E-state index contributed by atoms with van der Waals surface area (Å²) in [7, 11) is 0. The minimum atomic E-state index is -0.379. The molecule has 94 valence electrons. The molecule has 1 heterocycles. The first-order valence-corrected chi connectivity index (χ1v) is 5.45. The highest BCUT2D eigenvalue weighted by Crippen LogP contribution is 2.36. The van der Waals surface area contributed by atoms with Crippen LogP contribution in [-0.4, -0.2) is 24.2 Å². The predicted molar refractivity (Wildman–Crippen MR) is 65.7 cm³/mol. The zero-order valence-electron chi connectivity index (χ0n) is 9.63. The fourth-order valence-electron chi connectivity index (χ4n) is 1.65. The van der Waals surface area contributed by atoms with Gasteiger partial charge < -0.3 is 20.7 Å². The highest BCUT2D eigenvalue weighted by Gasteiger charge is 2.25. The van der Waals surface area contributed by atoms with Gasteiger partial charge in [0.15, 0.2) is 5.76 Å². The molecular formula is C12H13N3O3. The molecule has 0 bridgehead atoms. The molecule has 18 heavy (non-hydrogen) atoms. The SMILES string of the molecule is NCCOc1noc(C2C=CC=CC2=C=O)c1N. The van der Waals surface area contributed by atoms with Gasteiger partial charge in [-0.3, -0.25) is 0 Å². The van der Waals surface area contributed by atoms with Crippen LogP contribution >= 0.6 is 0 Å². The van der Waals surface area contributed by atoms with Gasteiger partial charge in [0.1, 0.15) is 18.2 Å². The third-order valence-corrected chi connectivity index (χ3v) is 2.51. The molecule has 0 radical (unpaired) electrons. The zero-order chi connectivity index (χ0) is 13.0. The van der Waals surface area contributed by atoms with Crippen molar-refractivity contribution >= 4 is 11.6 Å². The number of aromatic nitrogens is 1. The van der Waals surface area contributed by atoms with Gasteiger partial charge in [0.05, 0.1) is 11.5 Å². The number of hydrogen-bond donors (Lipinski definition) is 2. The molecule has 1 aliphatic rings. The number of rotatable bonds is 4. The van der Waals surface area contributed by atoms with Gasteiger partial charge in [0.25, 0.3) is 5.88 Å². The Bertz CT molecular complexity index is 539. The summed E-state index contributed by atoms with van der Waals surface area (Å²) < 4.78 is 10.4. The number of allylic oxidation sites excluding steroid dienone is 5. The van der Waals surface area contributed by atoms with Crippen molar-refractivity contribution < 1.29 is 14.1 Å². The Labute approximate surface area is 104 Å². The lowest BCUT2D eigenvalue weighted by atomic mass is 9.93. The van der Waals surface area contributed by atoms with Crippen LogP contribution in [0.1, 0.15) is 11.7 Å². The van der Waals surface area contributed by atoms with Crippen LogP contribution in [0.2, 0.25) is 0 Å². The first-order valence-electron chi connectivity index (χ1n) is 5.45. The van der Waals surface area contributed by atoms with Crippen LogP contribution in [0.4, 0.5) is 5.69 Å². The normalized spacial score (nSPS) is 17.8. The summed E-state index contributed by atoms with van der Waals surface area (Å²) >= 11 is 0. The van der Waals surface area contributed by atoms with Gasteiger partial charge in [-0.1, -0.05) is 18.2 Å². The van der Waals surface area contributed by atoms with E-state index in [-0.39, 0.29) is 17.5 Å². The van der Waals surface area contributed by atoms with E-state index < -0.39 is 0 Å². The van der Waals surface area contributed by atoms with E-state index in [0.717, 1.165) is 0 Å². The largest absolute Gasteiger partial charge is 0.473 e. The summed E-state index contributed by atoms with van der Waals surface area (Å²) in [5.74, 6) is 2.05. The average molecular weight is 247 g/mol. The molecule has 0 saturated carbocycles. The van der Waals surface area contributed by atoms with Gasteiger partial charge in [0, 0.05) is 6.54 Å². The Balaban J connectivity index is 2.29. The fourth-order valence-corrected chi connectivity index (χ4v) is 1.65. The van der Waals surface area contributed by atoms with Gasteiger partial charge in [-0.2, -0.15) is 0 Å². The molecule has 0 amide bonds. The van der Waals surface area contributed by atoms with Crippen molar-refractivity contribution in [3.63, 3.8) is 0 Å². The molecule has 4 N–H and O–H groups in total. The Morgan fingerprint density at radius 3 is 3.06 bits per heavy atom. The lowest BCUT2D eigenvalue weighted by Gasteiger charge is -2.10. The Morgan fingerprint density at radius 2 is 2.33 bits per heavy atom. The quantitative estimate of drug-likeness (QED) is 0.753. The lowest BCUT2D eigenvalue weighted by Crippen LogP contribution is -2.11. The zero-order valence-corrected chi connectivity index (χ0v) is 9.63. The molecule has 1 aliphatic carbocycles. The molecular weight excluding hydrogens is 234 g/mol. The second kappa shape index (κ2) is 5.35. The number of hydrogen-bond acceptors (Lipinski definition) is 6. The predicted octanol–water partition coefficient (Wildman–Crippen LogP) is 0.562. The van der Waals surface area contributed by atoms with E-state index in [9.17, 15) is 4.79 Å². The second-order valence-corrected chi connectivity index (χ2v) is 3.68. The topological polar surface area (TPSA) is 104 Å². The molecule has 0 aliphatic heterocycles. The average Bonchev–Trinajstić information content (AvgIpc) is 2.77. The van der Waals surface area contributed by atoms with E-state index in [4.69, 9.17) is 20.7 Å². The number of nitrogen functional groups attached to an aromatic ring is 1. The molecule has 6 nitrogen and oxygen atoms in total. The van der Waals surface area contributed by atoms with Crippen LogP contribution in [0.3, 0.4) is 0 Å². The van der Waals surface area contributed by atoms with Crippen LogP contribution in [0.15, 0.2) is 34.4 Å². The van der Waals surface area contributed by atoms with Crippen LogP contribution in [0.5, 0.6) is 5.88 Å². The molecule has 0 spiro atoms. The van der Waals surface area contributed by atoms with E-state index in [1.807, 2.05) is 5.94 Å². The maximum absolute atomic E-state index is 10.8. The van der Waals surface area contributed by atoms with E-state index in [1.165, 1.54) is 0 Å². The van der Waals surface area contributed by atoms with Crippen LogP contribution in [-0.2, 0) is 4.79 Å². The van der Waals surface area contributed by atoms with Crippen molar-refractivity contribution in [1.29, 1.82) is 0 Å². The van der Waals surface area contributed by atoms with Gasteiger partial charge in [-0.15, -0.1) is 0 Å². The van der Waals surface area contributed by atoms with Crippen molar-refractivity contribution in [2.75, 3.05) is 18.9 Å². The number of nitrogens with zero attached hydrogens (tertiary/aromatic N) is 1. The Hall–Kier alpha value is -2.30. The smallest absolute Gasteiger partial charge is 0.278 e. The summed E-state index contributed by atoms with van der Waals surface area (Å²) in [6, 6.07) is 0. The van der Waals surface area contributed by atoms with Gasteiger partial charge in [-0.25, -0.2) is 4.79 Å². The first kappa shape index (κ1) is 12.2. The highest BCUT2D eigenvalue weighted by molar-refractivity contribution is 5.66. The van der Waals surface area contributed by atoms with Gasteiger partial charge in [-0.05, 0) is 11.2 Å². The second-order valence-electron chi connectivity index (χ2n) is 3.68. The number of carbonyl (C=O) groups excluding carboxylic acids is 1. The monoisotopic (exact) mass is 247 g/mol. The Kier molecular flexibility index (Phi) is 3.62. The third-order valence-electron chi connectivity index (χ3n) is 2.51. The van der Waals surface area contributed by atoms with Gasteiger partial charge in [0.2, 0.25) is 0 Å². The number of ether oxygens (including phenoxy) is 1. The molecule has 0 aromatic carbocycles. The summed E-state index contributed by atoms with van der Waals surface area (Å²) in [4.78, 5) is 10.8. The van der Waals surface area contributed by atoms with Crippen molar-refractivity contribution in [2.24, 2.45) is 5.73 Å². The third kappa shape index (κ3) is 2.20. The molecule has 1 aromatic rings. The van der Waals surface area contributed by atoms with Gasteiger partial charge >= 0.3 is 0 Å². The summed E-state index contributed by atoms with van der Waals surface area (Å²) in [5, 5.41) is 3.72. The number of nitrogens with two attached hydrogens (primary N) is 2. The van der Waals surface area contributed by atoms with Crippen molar-refractivity contribution in [3.05, 3.63) is 35.6 Å². The van der Waals surface area contributed by atoms with E-state index >= 15 is 0 Å². The molecule has 2 rings (SSSR count). The minimum Gasteiger partial charge on any atom is -0.473 e. The van der Waals surface area contributed by atoms with Crippen LogP contribution < -0.4 is 16.2 Å². The van der Waals surface area contributed by atoms with E-state index in [1.54, 1.807) is 24.3 Å². The molecule has 1 unspecified atom stereocenters. The molecule has 1 aromatic heterocycles. The number of anilines is 1. The maximum atomic E-state index is 10.8. The molecule has 0 fully saturated rings. The van der Waals surface area contributed by atoms with Crippen molar-refractivity contribution in [3.8, 4) is 5.88 Å². The molecule has 0 saturated heterocycles. The minimum absolute atomic E-state index is 0.198. The summed E-state index contributed by atoms with van der Waals surface area (Å²) in [6.07, 6.45) is 6.98. The lowest BCUT2D eigenvalue weighted by molar-refractivity contribution is 0.282. The molecule has 6 heteroatoms. The van der Waals surface area contributed by atoms with Crippen molar-refractivity contribution in [1.82, 2.24) is 5.16 Å². The summed E-state index contributed by atoms with van der Waals surface area (Å²) in [6.45, 7) is 0.653. The first-order chi connectivity index (χ1) is 8.77. The van der Waals surface area contributed by atoms with Crippen molar-refractivity contribution in [2.45, 2.75) is 5.92 Å². The van der Waals surface area contributed by atoms with Crippen LogP contribution in [0, 0.1) is 0 Å². The molecule has 1 atom stereocenters.